The number of aromatic nitrogens is 4. The minimum absolute atomic E-state index is 0.0988. The van der Waals surface area contributed by atoms with Gasteiger partial charge in [-0.2, -0.15) is 9.90 Å². The summed E-state index contributed by atoms with van der Waals surface area (Å²) < 4.78 is 8.06. The maximum atomic E-state index is 12.3. The van der Waals surface area contributed by atoms with E-state index in [9.17, 15) is 4.79 Å². The molecule has 0 aliphatic heterocycles. The van der Waals surface area contributed by atoms with Crippen LogP contribution in [0.1, 0.15) is 11.1 Å². The van der Waals surface area contributed by atoms with Crippen molar-refractivity contribution in [2.45, 2.75) is 13.2 Å². The molecule has 10 heteroatoms. The fourth-order valence-electron chi connectivity index (χ4n) is 2.91. The van der Waals surface area contributed by atoms with Crippen molar-refractivity contribution < 1.29 is 9.53 Å². The second-order valence-corrected chi connectivity index (χ2v) is 9.29. The molecule has 0 aliphatic carbocycles. The Labute approximate surface area is 217 Å². The molecule has 4 rings (SSSR count). The van der Waals surface area contributed by atoms with E-state index in [-0.39, 0.29) is 12.5 Å². The smallest absolute Gasteiger partial charge is 0.263 e. The summed E-state index contributed by atoms with van der Waals surface area (Å²) in [5, 5.41) is 16.3. The number of hydrogen-bond donors (Lipinski definition) is 1. The quantitative estimate of drug-likeness (QED) is 0.173. The molecule has 3 aromatic carbocycles. The molecule has 4 aromatic rings. The third-order valence-corrected chi connectivity index (χ3v) is 5.85. The number of rotatable bonds is 8. The van der Waals surface area contributed by atoms with Gasteiger partial charge in [-0.05, 0) is 68.1 Å². The summed E-state index contributed by atoms with van der Waals surface area (Å²) in [6.07, 6.45) is 1.58. The van der Waals surface area contributed by atoms with Gasteiger partial charge in [-0.3, -0.25) is 4.79 Å². The minimum atomic E-state index is -0.365. The predicted octanol–water partition coefficient (Wildman–Crippen LogP) is 4.28. The average Bonchev–Trinajstić information content (AvgIpc) is 3.28. The Hall–Kier alpha value is -2.87. The summed E-state index contributed by atoms with van der Waals surface area (Å²) in [5.41, 5.74) is 5.18. The summed E-state index contributed by atoms with van der Waals surface area (Å²) in [4.78, 5) is 13.5. The molecule has 33 heavy (non-hydrogen) atoms. The Balaban J connectivity index is 1.39. The number of carbonyl (C=O) groups is 1. The van der Waals surface area contributed by atoms with Gasteiger partial charge < -0.3 is 4.74 Å². The maximum absolute atomic E-state index is 12.3. The van der Waals surface area contributed by atoms with Crippen molar-refractivity contribution in [2.75, 3.05) is 0 Å². The Morgan fingerprint density at radius 2 is 1.79 bits per heavy atom. The Morgan fingerprint density at radius 3 is 2.55 bits per heavy atom. The largest absolute Gasteiger partial charge is 0.487 e. The van der Waals surface area contributed by atoms with E-state index in [1.807, 2.05) is 72.8 Å². The number of nitrogens with one attached hydrogen (secondary N) is 1. The molecule has 0 aliphatic rings. The Bertz CT molecular complexity index is 1260. The van der Waals surface area contributed by atoms with E-state index in [1.165, 1.54) is 4.80 Å². The van der Waals surface area contributed by atoms with Gasteiger partial charge in [-0.1, -0.05) is 60.7 Å². The summed E-state index contributed by atoms with van der Waals surface area (Å²) in [6, 6.07) is 23.4. The molecule has 8 nitrogen and oxygen atoms in total. The van der Waals surface area contributed by atoms with E-state index >= 15 is 0 Å². The summed E-state index contributed by atoms with van der Waals surface area (Å²) >= 11 is 4.47. The van der Waals surface area contributed by atoms with Gasteiger partial charge in [0.15, 0.2) is 0 Å². The van der Waals surface area contributed by atoms with Crippen molar-refractivity contribution in [3.63, 3.8) is 0 Å². The van der Waals surface area contributed by atoms with Crippen molar-refractivity contribution >= 4 is 57.3 Å². The number of tetrazole rings is 1. The SMILES string of the molecule is O=C(Cn1nnc(-c2ccccc2)n1)N/N=C\c1cc(I)cc(I)c1OCc1ccccc1. The molecular weight excluding hydrogens is 646 g/mol. The van der Waals surface area contributed by atoms with Crippen molar-refractivity contribution in [3.8, 4) is 17.1 Å². The van der Waals surface area contributed by atoms with Crippen LogP contribution in [0.5, 0.6) is 5.75 Å². The third kappa shape index (κ3) is 6.57. The molecule has 0 radical (unpaired) electrons. The summed E-state index contributed by atoms with van der Waals surface area (Å²) in [7, 11) is 0. The first kappa shape index (κ1) is 23.3. The second kappa shape index (κ2) is 11.3. The number of amides is 1. The summed E-state index contributed by atoms with van der Waals surface area (Å²) in [6.45, 7) is 0.338. The van der Waals surface area contributed by atoms with Crippen LogP contribution in [0, 0.1) is 7.14 Å². The highest BCUT2D eigenvalue weighted by molar-refractivity contribution is 14.1. The summed E-state index contributed by atoms with van der Waals surface area (Å²) in [5.74, 6) is 0.805. The van der Waals surface area contributed by atoms with E-state index in [1.54, 1.807) is 6.21 Å². The van der Waals surface area contributed by atoms with Gasteiger partial charge in [0.05, 0.1) is 9.78 Å². The standard InChI is InChI=1S/C23H18I2N6O2/c24-19-11-18(22(20(25)12-19)33-15-16-7-3-1-4-8-16)13-26-27-21(32)14-31-29-23(28-30-31)17-9-5-2-6-10-17/h1-13H,14-15H2,(H,27,32)/b26-13-. The lowest BCUT2D eigenvalue weighted by Gasteiger charge is -2.12. The fraction of sp³-hybridized carbons (Fsp3) is 0.0870. The molecule has 0 unspecified atom stereocenters. The first-order valence-electron chi connectivity index (χ1n) is 9.89. The third-order valence-electron chi connectivity index (χ3n) is 4.43. The molecule has 0 saturated heterocycles. The lowest BCUT2D eigenvalue weighted by atomic mass is 10.2. The molecule has 0 saturated carbocycles. The van der Waals surface area contributed by atoms with Crippen LogP contribution in [0.2, 0.25) is 0 Å². The first-order valence-corrected chi connectivity index (χ1v) is 12.0. The van der Waals surface area contributed by atoms with Crippen molar-refractivity contribution in [2.24, 2.45) is 5.10 Å². The molecule has 1 amide bonds. The van der Waals surface area contributed by atoms with E-state index in [0.717, 1.165) is 23.8 Å². The lowest BCUT2D eigenvalue weighted by molar-refractivity contribution is -0.122. The zero-order valence-electron chi connectivity index (χ0n) is 17.2. The van der Waals surface area contributed by atoms with E-state index in [0.29, 0.717) is 18.2 Å². The molecular formula is C23H18I2N6O2. The number of carbonyl (C=O) groups excluding carboxylic acids is 1. The molecule has 0 bridgehead atoms. The predicted molar refractivity (Wildman–Crippen MR) is 142 cm³/mol. The van der Waals surface area contributed by atoms with Crippen LogP contribution in [0.25, 0.3) is 11.4 Å². The van der Waals surface area contributed by atoms with Crippen LogP contribution < -0.4 is 10.2 Å². The number of halogens is 2. The zero-order chi connectivity index (χ0) is 23.0. The zero-order valence-corrected chi connectivity index (χ0v) is 21.5. The molecule has 1 N–H and O–H groups in total. The highest BCUT2D eigenvalue weighted by Crippen LogP contribution is 2.28. The van der Waals surface area contributed by atoms with E-state index in [4.69, 9.17) is 4.74 Å². The van der Waals surface area contributed by atoms with Crippen molar-refractivity contribution in [3.05, 3.63) is 91.1 Å². The van der Waals surface area contributed by atoms with Crippen LogP contribution in [0.4, 0.5) is 0 Å². The molecule has 0 fully saturated rings. The Kier molecular flexibility index (Phi) is 7.99. The van der Waals surface area contributed by atoms with Crippen molar-refractivity contribution in [1.82, 2.24) is 25.6 Å². The maximum Gasteiger partial charge on any atom is 0.263 e. The number of benzene rings is 3. The van der Waals surface area contributed by atoms with Gasteiger partial charge in [0.2, 0.25) is 5.82 Å². The van der Waals surface area contributed by atoms with E-state index in [2.05, 4.69) is 71.1 Å². The van der Waals surface area contributed by atoms with Gasteiger partial charge in [-0.25, -0.2) is 5.43 Å². The second-order valence-electron chi connectivity index (χ2n) is 6.88. The van der Waals surface area contributed by atoms with E-state index < -0.39 is 0 Å². The Morgan fingerprint density at radius 1 is 1.06 bits per heavy atom. The fourth-order valence-corrected chi connectivity index (χ4v) is 4.95. The number of hydrazone groups is 1. The average molecular weight is 664 g/mol. The van der Waals surface area contributed by atoms with Crippen LogP contribution >= 0.6 is 45.2 Å². The van der Waals surface area contributed by atoms with Gasteiger partial charge in [0.25, 0.3) is 5.91 Å². The normalized spacial score (nSPS) is 11.0. The van der Waals surface area contributed by atoms with Crippen LogP contribution in [-0.2, 0) is 17.9 Å². The number of nitrogens with zero attached hydrogens (tertiary/aromatic N) is 5. The van der Waals surface area contributed by atoms with Crippen LogP contribution in [0.15, 0.2) is 77.9 Å². The highest BCUT2D eigenvalue weighted by Gasteiger charge is 2.11. The topological polar surface area (TPSA) is 94.3 Å². The first-order chi connectivity index (χ1) is 16.1. The lowest BCUT2D eigenvalue weighted by Crippen LogP contribution is -2.24. The van der Waals surface area contributed by atoms with Gasteiger partial charge in [0, 0.05) is 14.7 Å². The molecule has 0 spiro atoms. The van der Waals surface area contributed by atoms with Gasteiger partial charge in [-0.15, -0.1) is 10.2 Å². The molecule has 1 heterocycles. The van der Waals surface area contributed by atoms with Gasteiger partial charge in [0.1, 0.15) is 18.9 Å². The van der Waals surface area contributed by atoms with Crippen LogP contribution in [-0.4, -0.2) is 32.3 Å². The van der Waals surface area contributed by atoms with Crippen molar-refractivity contribution in [1.29, 1.82) is 0 Å². The molecule has 0 atom stereocenters. The minimum Gasteiger partial charge on any atom is -0.487 e. The van der Waals surface area contributed by atoms with Crippen LogP contribution in [0.3, 0.4) is 0 Å². The molecule has 1 aromatic heterocycles. The molecule has 166 valence electrons. The number of ether oxygens (including phenoxy) is 1. The van der Waals surface area contributed by atoms with Gasteiger partial charge >= 0.3 is 0 Å². The highest BCUT2D eigenvalue weighted by atomic mass is 127. The monoisotopic (exact) mass is 664 g/mol. The number of hydrogen-bond acceptors (Lipinski definition) is 6.